The number of hydrogen-bond acceptors (Lipinski definition) is 4. The Balaban J connectivity index is 2.38. The van der Waals surface area contributed by atoms with Gasteiger partial charge in [0.05, 0.1) is 10.6 Å². The van der Waals surface area contributed by atoms with Gasteiger partial charge in [-0.25, -0.2) is 4.98 Å². The van der Waals surface area contributed by atoms with E-state index in [4.69, 9.17) is 16.3 Å². The molecule has 1 amide bonds. The molecule has 21 heavy (non-hydrogen) atoms. The normalized spacial score (nSPS) is 10.4. The molecule has 0 saturated carbocycles. The van der Waals surface area contributed by atoms with E-state index in [1.165, 1.54) is 0 Å². The van der Waals surface area contributed by atoms with Gasteiger partial charge in [-0.15, -0.1) is 0 Å². The van der Waals surface area contributed by atoms with Crippen molar-refractivity contribution in [2.24, 2.45) is 0 Å². The highest BCUT2D eigenvalue weighted by Crippen LogP contribution is 2.19. The van der Waals surface area contributed by atoms with Crippen molar-refractivity contribution in [3.05, 3.63) is 22.8 Å². The van der Waals surface area contributed by atoms with Crippen LogP contribution in [-0.4, -0.2) is 37.7 Å². The van der Waals surface area contributed by atoms with Gasteiger partial charge in [0.25, 0.3) is 5.91 Å². The van der Waals surface area contributed by atoms with E-state index in [0.717, 1.165) is 38.8 Å². The molecular formula is C15H24ClN3O2. The van der Waals surface area contributed by atoms with Crippen LogP contribution in [0.15, 0.2) is 12.3 Å². The number of pyridine rings is 1. The third-order valence-corrected chi connectivity index (χ3v) is 3.24. The zero-order chi connectivity index (χ0) is 15.5. The predicted molar refractivity (Wildman–Crippen MR) is 86.1 cm³/mol. The van der Waals surface area contributed by atoms with Gasteiger partial charge in [-0.05, 0) is 31.7 Å². The number of rotatable bonds is 10. The molecule has 1 aromatic heterocycles. The Labute approximate surface area is 131 Å². The van der Waals surface area contributed by atoms with Gasteiger partial charge in [-0.3, -0.25) is 4.79 Å². The number of methoxy groups -OCH3 is 1. The second-order valence-corrected chi connectivity index (χ2v) is 5.20. The van der Waals surface area contributed by atoms with Gasteiger partial charge in [0.1, 0.15) is 5.82 Å². The molecule has 1 aromatic rings. The summed E-state index contributed by atoms with van der Waals surface area (Å²) in [5.74, 6) is 0.479. The molecule has 0 radical (unpaired) electrons. The first-order valence-corrected chi connectivity index (χ1v) is 7.73. The minimum atomic E-state index is -0.141. The highest BCUT2D eigenvalue weighted by Gasteiger charge is 2.09. The standard InChI is InChI=1S/C15H24ClN3O2/c1-3-7-17-14-13(16)10-12(11-19-14)15(20)18-8-5-4-6-9-21-2/h10-11H,3-9H2,1-2H3,(H,17,19)(H,18,20). The molecule has 118 valence electrons. The van der Waals surface area contributed by atoms with Gasteiger partial charge in [0, 0.05) is 33.0 Å². The first-order valence-electron chi connectivity index (χ1n) is 7.35. The van der Waals surface area contributed by atoms with E-state index < -0.39 is 0 Å². The molecule has 0 saturated heterocycles. The third-order valence-electron chi connectivity index (χ3n) is 2.96. The quantitative estimate of drug-likeness (QED) is 0.652. The maximum atomic E-state index is 12.0. The molecule has 5 nitrogen and oxygen atoms in total. The Morgan fingerprint density at radius 3 is 2.81 bits per heavy atom. The van der Waals surface area contributed by atoms with Crippen LogP contribution in [0.1, 0.15) is 43.0 Å². The summed E-state index contributed by atoms with van der Waals surface area (Å²) in [5.41, 5.74) is 0.485. The van der Waals surface area contributed by atoms with E-state index in [9.17, 15) is 4.79 Å². The van der Waals surface area contributed by atoms with Crippen LogP contribution in [0.5, 0.6) is 0 Å². The number of halogens is 1. The van der Waals surface area contributed by atoms with Gasteiger partial charge in [0.2, 0.25) is 0 Å². The summed E-state index contributed by atoms with van der Waals surface area (Å²) in [4.78, 5) is 16.1. The van der Waals surface area contributed by atoms with Crippen molar-refractivity contribution >= 4 is 23.3 Å². The lowest BCUT2D eigenvalue weighted by Crippen LogP contribution is -2.24. The van der Waals surface area contributed by atoms with Crippen molar-refractivity contribution in [3.8, 4) is 0 Å². The summed E-state index contributed by atoms with van der Waals surface area (Å²) in [7, 11) is 1.69. The molecule has 0 spiro atoms. The molecule has 0 bridgehead atoms. The Kier molecular flexibility index (Phi) is 8.78. The number of anilines is 1. The number of nitrogens with zero attached hydrogens (tertiary/aromatic N) is 1. The molecule has 0 fully saturated rings. The van der Waals surface area contributed by atoms with Gasteiger partial charge in [-0.2, -0.15) is 0 Å². The largest absolute Gasteiger partial charge is 0.385 e. The summed E-state index contributed by atoms with van der Waals surface area (Å²) in [6.07, 6.45) is 5.52. The molecular weight excluding hydrogens is 290 g/mol. The fraction of sp³-hybridized carbons (Fsp3) is 0.600. The number of carbonyl (C=O) groups excluding carboxylic acids is 1. The summed E-state index contributed by atoms with van der Waals surface area (Å²) in [6, 6.07) is 1.65. The van der Waals surface area contributed by atoms with Gasteiger partial charge in [-0.1, -0.05) is 18.5 Å². The van der Waals surface area contributed by atoms with Crippen molar-refractivity contribution < 1.29 is 9.53 Å². The van der Waals surface area contributed by atoms with Crippen LogP contribution in [0.2, 0.25) is 5.02 Å². The second-order valence-electron chi connectivity index (χ2n) is 4.79. The maximum absolute atomic E-state index is 12.0. The first kappa shape index (κ1) is 17.7. The third kappa shape index (κ3) is 6.78. The number of carbonyl (C=O) groups is 1. The summed E-state index contributed by atoms with van der Waals surface area (Å²) in [6.45, 7) is 4.28. The Bertz CT molecular complexity index is 441. The molecule has 0 aliphatic rings. The van der Waals surface area contributed by atoms with E-state index in [2.05, 4.69) is 22.5 Å². The molecule has 1 heterocycles. The lowest BCUT2D eigenvalue weighted by Gasteiger charge is -2.08. The zero-order valence-electron chi connectivity index (χ0n) is 12.7. The van der Waals surface area contributed by atoms with Crippen LogP contribution in [0.4, 0.5) is 5.82 Å². The van der Waals surface area contributed by atoms with Gasteiger partial charge in [0.15, 0.2) is 0 Å². The van der Waals surface area contributed by atoms with Gasteiger partial charge < -0.3 is 15.4 Å². The molecule has 1 rings (SSSR count). The Morgan fingerprint density at radius 2 is 2.14 bits per heavy atom. The van der Waals surface area contributed by atoms with E-state index >= 15 is 0 Å². The number of hydrogen-bond donors (Lipinski definition) is 2. The predicted octanol–water partition coefficient (Wildman–Crippen LogP) is 3.10. The van der Waals surface area contributed by atoms with Crippen LogP contribution in [0.25, 0.3) is 0 Å². The fourth-order valence-electron chi connectivity index (χ4n) is 1.79. The van der Waals surface area contributed by atoms with Crippen LogP contribution >= 0.6 is 11.6 Å². The monoisotopic (exact) mass is 313 g/mol. The molecule has 0 aromatic carbocycles. The van der Waals surface area contributed by atoms with Crippen LogP contribution in [-0.2, 0) is 4.74 Å². The first-order chi connectivity index (χ1) is 10.2. The number of ether oxygens (including phenoxy) is 1. The second kappa shape index (κ2) is 10.4. The molecule has 2 N–H and O–H groups in total. The highest BCUT2D eigenvalue weighted by molar-refractivity contribution is 6.33. The fourth-order valence-corrected chi connectivity index (χ4v) is 2.02. The lowest BCUT2D eigenvalue weighted by atomic mass is 10.2. The SMILES string of the molecule is CCCNc1ncc(C(=O)NCCCCCOC)cc1Cl. The maximum Gasteiger partial charge on any atom is 0.252 e. The number of amides is 1. The van der Waals surface area contributed by atoms with Crippen LogP contribution < -0.4 is 10.6 Å². The number of nitrogens with one attached hydrogen (secondary N) is 2. The average Bonchev–Trinajstić information content (AvgIpc) is 2.49. The van der Waals surface area contributed by atoms with E-state index in [0.29, 0.717) is 22.9 Å². The van der Waals surface area contributed by atoms with Crippen molar-refractivity contribution in [2.45, 2.75) is 32.6 Å². The molecule has 0 aliphatic carbocycles. The van der Waals surface area contributed by atoms with E-state index in [1.54, 1.807) is 19.4 Å². The average molecular weight is 314 g/mol. The molecule has 0 aliphatic heterocycles. The summed E-state index contributed by atoms with van der Waals surface area (Å²) >= 11 is 6.11. The minimum absolute atomic E-state index is 0.141. The van der Waals surface area contributed by atoms with Crippen LogP contribution in [0.3, 0.4) is 0 Å². The van der Waals surface area contributed by atoms with Crippen LogP contribution in [0, 0.1) is 0 Å². The van der Waals surface area contributed by atoms with Crippen molar-refractivity contribution in [1.82, 2.24) is 10.3 Å². The smallest absolute Gasteiger partial charge is 0.252 e. The lowest BCUT2D eigenvalue weighted by molar-refractivity contribution is 0.0952. The number of aromatic nitrogens is 1. The topological polar surface area (TPSA) is 63.2 Å². The summed E-state index contributed by atoms with van der Waals surface area (Å²) in [5, 5.41) is 6.45. The minimum Gasteiger partial charge on any atom is -0.385 e. The molecule has 0 unspecified atom stereocenters. The van der Waals surface area contributed by atoms with Crippen molar-refractivity contribution in [3.63, 3.8) is 0 Å². The van der Waals surface area contributed by atoms with Crippen molar-refractivity contribution in [2.75, 3.05) is 32.1 Å². The van der Waals surface area contributed by atoms with E-state index in [-0.39, 0.29) is 5.91 Å². The zero-order valence-corrected chi connectivity index (χ0v) is 13.5. The van der Waals surface area contributed by atoms with Crippen molar-refractivity contribution in [1.29, 1.82) is 0 Å². The molecule has 6 heteroatoms. The number of unbranched alkanes of at least 4 members (excludes halogenated alkanes) is 2. The Hall–Kier alpha value is -1.33. The highest BCUT2D eigenvalue weighted by atomic mass is 35.5. The van der Waals surface area contributed by atoms with E-state index in [1.807, 2.05) is 0 Å². The Morgan fingerprint density at radius 1 is 1.33 bits per heavy atom. The van der Waals surface area contributed by atoms with Gasteiger partial charge >= 0.3 is 0 Å². The molecule has 0 atom stereocenters. The summed E-state index contributed by atoms with van der Waals surface area (Å²) < 4.78 is 4.97.